The van der Waals surface area contributed by atoms with Crippen molar-refractivity contribution in [1.82, 2.24) is 0 Å². The Hall–Kier alpha value is 2.13. The maximum atomic E-state index is 10.5. The smallest absolute Gasteiger partial charge is 0.549 e. The van der Waals surface area contributed by atoms with E-state index >= 15 is 0 Å². The van der Waals surface area contributed by atoms with Crippen LogP contribution in [0.15, 0.2) is 23.3 Å². The first kappa shape index (κ1) is 18.5. The van der Waals surface area contributed by atoms with Crippen LogP contribution in [-0.4, -0.2) is 16.1 Å². The summed E-state index contributed by atoms with van der Waals surface area (Å²) >= 11 is 11.0. The quantitative estimate of drug-likeness (QED) is 0.381. The van der Waals surface area contributed by atoms with Crippen LogP contribution in [-0.2, 0) is 4.79 Å². The molecule has 1 aliphatic carbocycles. The Morgan fingerprint density at radius 1 is 1.64 bits per heavy atom. The number of rotatable bonds is 1. The van der Waals surface area contributed by atoms with Gasteiger partial charge in [0.2, 0.25) is 0 Å². The third kappa shape index (κ3) is 4.55. The summed E-state index contributed by atoms with van der Waals surface area (Å²) in [5, 5.41) is 17.7. The maximum absolute atomic E-state index is 10.5. The van der Waals surface area contributed by atoms with Gasteiger partial charge in [-0.05, 0) is 12.2 Å². The second-order valence-electron chi connectivity index (χ2n) is 2.39. The van der Waals surface area contributed by atoms with Gasteiger partial charge in [-0.2, -0.15) is 0 Å². The molecule has 0 bridgehead atoms. The maximum Gasteiger partial charge on any atom is 1.00 e. The number of carboxylic acids is 1. The first-order chi connectivity index (χ1) is 5.45. The average Bonchev–Trinajstić information content (AvgIpc) is 1.82. The summed E-state index contributed by atoms with van der Waals surface area (Å²) in [5.74, 6) is -2.90. The monoisotopic (exact) mass is 269 g/mol. The largest absolute Gasteiger partial charge is 1.00 e. The molecule has 1 rings (SSSR count). The van der Waals surface area contributed by atoms with Gasteiger partial charge in [0.15, 0.2) is 5.06 Å². The molecule has 0 aromatic heterocycles. The molecule has 0 aliphatic heterocycles. The topological polar surface area (TPSA) is 60.4 Å². The van der Waals surface area contributed by atoms with E-state index < -0.39 is 16.9 Å². The summed E-state index contributed by atoms with van der Waals surface area (Å²) in [6, 6.07) is 0. The molecule has 2 atom stereocenters. The molecule has 0 spiro atoms. The van der Waals surface area contributed by atoms with Crippen LogP contribution in [0.1, 0.15) is 0 Å². The average molecular weight is 270 g/mol. The van der Waals surface area contributed by atoms with Gasteiger partial charge in [-0.1, -0.05) is 29.3 Å². The zero-order valence-corrected chi connectivity index (χ0v) is 14.5. The van der Waals surface area contributed by atoms with Crippen molar-refractivity contribution in [2.75, 3.05) is 0 Å². The van der Waals surface area contributed by atoms with Crippen LogP contribution in [0, 0.1) is 5.92 Å². The summed E-state index contributed by atoms with van der Waals surface area (Å²) in [4.78, 5) is 10.5. The van der Waals surface area contributed by atoms with E-state index in [1.807, 2.05) is 0 Å². The standard InChI is InChI=1S/C7H6Cl2O3.K.Na/c8-4-2-1-3-7(9,12)5(4)6(10)11;;/h1-3,5,12H,(H,10,11);;/q;2*+1/p-1. The predicted molar refractivity (Wildman–Crippen MR) is 42.4 cm³/mol. The van der Waals surface area contributed by atoms with Gasteiger partial charge in [0.05, 0.1) is 11.9 Å². The van der Waals surface area contributed by atoms with Crippen molar-refractivity contribution < 1.29 is 95.9 Å². The van der Waals surface area contributed by atoms with Crippen LogP contribution < -0.4 is 86.0 Å². The van der Waals surface area contributed by atoms with E-state index in [2.05, 4.69) is 0 Å². The molecule has 1 N–H and O–H groups in total. The molecule has 0 saturated carbocycles. The molecule has 0 amide bonds. The molecule has 0 fully saturated rings. The Balaban J connectivity index is 0. The number of carboxylic acid groups (broad SMARTS) is 1. The van der Waals surface area contributed by atoms with Crippen LogP contribution >= 0.6 is 23.2 Å². The van der Waals surface area contributed by atoms with Gasteiger partial charge < -0.3 is 15.0 Å². The molecule has 0 aromatic rings. The number of aliphatic hydroxyl groups is 1. The molecule has 2 unspecified atom stereocenters. The van der Waals surface area contributed by atoms with E-state index in [-0.39, 0.29) is 86.0 Å². The molecule has 7 heteroatoms. The van der Waals surface area contributed by atoms with Crippen molar-refractivity contribution in [2.24, 2.45) is 5.92 Å². The number of allylic oxidation sites excluding steroid dienone is 2. The summed E-state index contributed by atoms with van der Waals surface area (Å²) in [5.41, 5.74) is 0. The predicted octanol–water partition coefficient (Wildman–Crippen LogP) is -6.02. The SMILES string of the molecule is O=C([O-])C1C(Cl)=CC=CC1(O)Cl.[K+].[Na+]. The Bertz CT molecular complexity index is 278. The Morgan fingerprint density at radius 2 is 2.14 bits per heavy atom. The van der Waals surface area contributed by atoms with Gasteiger partial charge in [0.25, 0.3) is 0 Å². The van der Waals surface area contributed by atoms with E-state index in [0.29, 0.717) is 0 Å². The van der Waals surface area contributed by atoms with E-state index in [1.54, 1.807) is 0 Å². The fourth-order valence-corrected chi connectivity index (χ4v) is 1.60. The Labute approximate surface area is 156 Å². The molecule has 0 heterocycles. The second kappa shape index (κ2) is 7.45. The van der Waals surface area contributed by atoms with Crippen LogP contribution in [0.4, 0.5) is 0 Å². The molecular weight excluding hydrogens is 265 g/mol. The van der Waals surface area contributed by atoms with E-state index in [9.17, 15) is 15.0 Å². The number of carbonyl (C=O) groups is 1. The normalized spacial score (nSPS) is 29.6. The van der Waals surface area contributed by atoms with E-state index in [1.165, 1.54) is 12.2 Å². The zero-order chi connectivity index (χ0) is 9.35. The van der Waals surface area contributed by atoms with Crippen molar-refractivity contribution >= 4 is 29.2 Å². The van der Waals surface area contributed by atoms with Crippen molar-refractivity contribution in [3.05, 3.63) is 23.3 Å². The summed E-state index contributed by atoms with van der Waals surface area (Å²) < 4.78 is 0. The number of alkyl halides is 1. The van der Waals surface area contributed by atoms with Crippen molar-refractivity contribution in [3.8, 4) is 0 Å². The Kier molecular flexibility index (Phi) is 9.84. The molecule has 3 nitrogen and oxygen atoms in total. The zero-order valence-electron chi connectivity index (χ0n) is 7.83. The van der Waals surface area contributed by atoms with Gasteiger partial charge >= 0.3 is 80.9 Å². The number of carbonyl (C=O) groups excluding carboxylic acids is 1. The van der Waals surface area contributed by atoms with Crippen LogP contribution in [0.5, 0.6) is 0 Å². The van der Waals surface area contributed by atoms with Crippen molar-refractivity contribution in [2.45, 2.75) is 5.06 Å². The fraction of sp³-hybridized carbons (Fsp3) is 0.286. The molecule has 1 aliphatic rings. The van der Waals surface area contributed by atoms with Crippen molar-refractivity contribution in [1.29, 1.82) is 0 Å². The summed E-state index contributed by atoms with van der Waals surface area (Å²) in [6.45, 7) is 0. The first-order valence-corrected chi connectivity index (χ1v) is 3.88. The van der Waals surface area contributed by atoms with Crippen LogP contribution in [0.3, 0.4) is 0 Å². The fourth-order valence-electron chi connectivity index (χ4n) is 0.939. The minimum Gasteiger partial charge on any atom is -0.549 e. The first-order valence-electron chi connectivity index (χ1n) is 3.12. The number of halogens is 2. The van der Waals surface area contributed by atoms with Crippen molar-refractivity contribution in [3.63, 3.8) is 0 Å². The van der Waals surface area contributed by atoms with Gasteiger partial charge in [-0.25, -0.2) is 0 Å². The van der Waals surface area contributed by atoms with Crippen LogP contribution in [0.2, 0.25) is 0 Å². The Morgan fingerprint density at radius 3 is 2.43 bits per heavy atom. The number of hydrogen-bond donors (Lipinski definition) is 1. The number of hydrogen-bond acceptors (Lipinski definition) is 3. The summed E-state index contributed by atoms with van der Waals surface area (Å²) in [7, 11) is 0. The van der Waals surface area contributed by atoms with E-state index in [4.69, 9.17) is 23.2 Å². The molecule has 14 heavy (non-hydrogen) atoms. The van der Waals surface area contributed by atoms with Gasteiger partial charge in [-0.15, -0.1) is 0 Å². The van der Waals surface area contributed by atoms with Crippen LogP contribution in [0.25, 0.3) is 0 Å². The minimum absolute atomic E-state index is 0. The molecular formula is C7H5Cl2KNaO3+. The molecule has 0 saturated heterocycles. The van der Waals surface area contributed by atoms with E-state index in [0.717, 1.165) is 6.08 Å². The molecule has 66 valence electrons. The minimum atomic E-state index is -1.98. The molecule has 0 radical (unpaired) electrons. The van der Waals surface area contributed by atoms with Gasteiger partial charge in [0, 0.05) is 5.03 Å². The van der Waals surface area contributed by atoms with Gasteiger partial charge in [-0.3, -0.25) is 0 Å². The molecule has 0 aromatic carbocycles. The third-order valence-electron chi connectivity index (χ3n) is 1.50. The summed E-state index contributed by atoms with van der Waals surface area (Å²) in [6.07, 6.45) is 3.87. The second-order valence-corrected chi connectivity index (χ2v) is 3.43. The third-order valence-corrected chi connectivity index (χ3v) is 2.19. The van der Waals surface area contributed by atoms with Gasteiger partial charge in [0.1, 0.15) is 0 Å². The number of aliphatic carboxylic acids is 1.